The van der Waals surface area contributed by atoms with Gasteiger partial charge in [0.15, 0.2) is 0 Å². The minimum atomic E-state index is -3.71. The maximum atomic E-state index is 13.4. The van der Waals surface area contributed by atoms with Crippen molar-refractivity contribution in [1.82, 2.24) is 9.62 Å². The first kappa shape index (κ1) is 17.1. The van der Waals surface area contributed by atoms with Crippen molar-refractivity contribution < 1.29 is 12.8 Å². The molecular formula is C18H21FN2O2S. The highest BCUT2D eigenvalue weighted by molar-refractivity contribution is 7.89. The average Bonchev–Trinajstić information content (AvgIpc) is 2.97. The van der Waals surface area contributed by atoms with Gasteiger partial charge in [-0.3, -0.25) is 4.90 Å². The Bertz CT molecular complexity index is 809. The number of aryl methyl sites for hydroxylation is 1. The molecule has 1 N–H and O–H groups in total. The second kappa shape index (κ2) is 7.01. The minimum absolute atomic E-state index is 0.0176. The fraction of sp³-hybridized carbons (Fsp3) is 0.333. The van der Waals surface area contributed by atoms with E-state index in [1.807, 2.05) is 18.2 Å². The van der Waals surface area contributed by atoms with Crippen LogP contribution in [0.2, 0.25) is 0 Å². The SMILES string of the molecule is Cc1ccc(F)cc1S(=O)(=O)NC1CCN(Cc2ccccc2)C1. The fourth-order valence-electron chi connectivity index (χ4n) is 3.06. The number of benzene rings is 2. The first-order valence-corrected chi connectivity index (χ1v) is 9.47. The van der Waals surface area contributed by atoms with Crippen molar-refractivity contribution in [3.63, 3.8) is 0 Å². The number of hydrogen-bond donors (Lipinski definition) is 1. The molecule has 0 spiro atoms. The van der Waals surface area contributed by atoms with Crippen LogP contribution < -0.4 is 4.72 Å². The molecule has 2 aromatic carbocycles. The van der Waals surface area contributed by atoms with E-state index in [-0.39, 0.29) is 10.9 Å². The quantitative estimate of drug-likeness (QED) is 0.904. The van der Waals surface area contributed by atoms with Crippen molar-refractivity contribution >= 4 is 10.0 Å². The molecule has 1 unspecified atom stereocenters. The summed E-state index contributed by atoms with van der Waals surface area (Å²) in [6.07, 6.45) is 0.750. The maximum absolute atomic E-state index is 13.4. The number of nitrogens with one attached hydrogen (secondary N) is 1. The Morgan fingerprint density at radius 1 is 1.21 bits per heavy atom. The number of sulfonamides is 1. The van der Waals surface area contributed by atoms with Gasteiger partial charge in [0.05, 0.1) is 4.90 Å². The Kier molecular flexibility index (Phi) is 4.99. The Balaban J connectivity index is 1.65. The monoisotopic (exact) mass is 348 g/mol. The Morgan fingerprint density at radius 2 is 1.96 bits per heavy atom. The van der Waals surface area contributed by atoms with E-state index < -0.39 is 15.8 Å². The molecule has 0 amide bonds. The predicted molar refractivity (Wildman–Crippen MR) is 91.6 cm³/mol. The molecule has 0 saturated carbocycles. The molecule has 2 aromatic rings. The molecule has 6 heteroatoms. The van der Waals surface area contributed by atoms with Crippen LogP contribution in [0.5, 0.6) is 0 Å². The molecule has 4 nitrogen and oxygen atoms in total. The lowest BCUT2D eigenvalue weighted by Crippen LogP contribution is -2.37. The summed E-state index contributed by atoms with van der Waals surface area (Å²) in [5.41, 5.74) is 1.75. The van der Waals surface area contributed by atoms with Crippen molar-refractivity contribution in [3.05, 3.63) is 65.5 Å². The van der Waals surface area contributed by atoms with Gasteiger partial charge in [0.1, 0.15) is 5.82 Å². The second-order valence-electron chi connectivity index (χ2n) is 6.24. The molecule has 1 heterocycles. The van der Waals surface area contributed by atoms with Crippen LogP contribution in [0.1, 0.15) is 17.5 Å². The average molecular weight is 348 g/mol. The molecule has 0 aliphatic carbocycles. The van der Waals surface area contributed by atoms with Crippen LogP contribution in [0.25, 0.3) is 0 Å². The molecule has 24 heavy (non-hydrogen) atoms. The molecule has 128 valence electrons. The third-order valence-corrected chi connectivity index (χ3v) is 5.95. The highest BCUT2D eigenvalue weighted by atomic mass is 32.2. The second-order valence-corrected chi connectivity index (χ2v) is 7.92. The van der Waals surface area contributed by atoms with Crippen molar-refractivity contribution in [2.24, 2.45) is 0 Å². The smallest absolute Gasteiger partial charge is 0.241 e. The Hall–Kier alpha value is -1.76. The summed E-state index contributed by atoms with van der Waals surface area (Å²) < 4.78 is 41.2. The number of hydrogen-bond acceptors (Lipinski definition) is 3. The molecule has 1 aliphatic rings. The standard InChI is InChI=1S/C18H21FN2O2S/c1-14-7-8-16(19)11-18(14)24(22,23)20-17-9-10-21(13-17)12-15-5-3-2-4-6-15/h2-8,11,17,20H,9-10,12-13H2,1H3. The summed E-state index contributed by atoms with van der Waals surface area (Å²) in [6.45, 7) is 3.97. The highest BCUT2D eigenvalue weighted by Gasteiger charge is 2.28. The van der Waals surface area contributed by atoms with Gasteiger partial charge in [-0.05, 0) is 36.6 Å². The van der Waals surface area contributed by atoms with Crippen LogP contribution >= 0.6 is 0 Å². The van der Waals surface area contributed by atoms with Crippen LogP contribution in [-0.2, 0) is 16.6 Å². The van der Waals surface area contributed by atoms with Crippen LogP contribution in [0.15, 0.2) is 53.4 Å². The van der Waals surface area contributed by atoms with Gasteiger partial charge in [0, 0.05) is 25.7 Å². The summed E-state index contributed by atoms with van der Waals surface area (Å²) in [5, 5.41) is 0. The van der Waals surface area contributed by atoms with Gasteiger partial charge >= 0.3 is 0 Å². The zero-order valence-electron chi connectivity index (χ0n) is 13.6. The minimum Gasteiger partial charge on any atom is -0.297 e. The van der Waals surface area contributed by atoms with E-state index in [9.17, 15) is 12.8 Å². The van der Waals surface area contributed by atoms with Gasteiger partial charge < -0.3 is 0 Å². The zero-order chi connectivity index (χ0) is 17.2. The number of halogens is 1. The van der Waals surface area contributed by atoms with Gasteiger partial charge in [0.25, 0.3) is 0 Å². The zero-order valence-corrected chi connectivity index (χ0v) is 14.4. The topological polar surface area (TPSA) is 49.4 Å². The van der Waals surface area contributed by atoms with Gasteiger partial charge in [-0.25, -0.2) is 17.5 Å². The van der Waals surface area contributed by atoms with Gasteiger partial charge in [0.2, 0.25) is 10.0 Å². The molecule has 1 atom stereocenters. The van der Waals surface area contributed by atoms with E-state index in [0.717, 1.165) is 25.6 Å². The third-order valence-electron chi connectivity index (χ3n) is 4.28. The first-order valence-electron chi connectivity index (χ1n) is 7.99. The van der Waals surface area contributed by atoms with E-state index >= 15 is 0 Å². The largest absolute Gasteiger partial charge is 0.297 e. The van der Waals surface area contributed by atoms with Crippen molar-refractivity contribution in [3.8, 4) is 0 Å². The van der Waals surface area contributed by atoms with E-state index in [4.69, 9.17) is 0 Å². The number of likely N-dealkylation sites (tertiary alicyclic amines) is 1. The number of nitrogens with zero attached hydrogens (tertiary/aromatic N) is 1. The molecule has 1 saturated heterocycles. The van der Waals surface area contributed by atoms with Crippen molar-refractivity contribution in [1.29, 1.82) is 0 Å². The summed E-state index contributed by atoms with van der Waals surface area (Å²) in [7, 11) is -3.71. The summed E-state index contributed by atoms with van der Waals surface area (Å²) in [5.74, 6) is -0.543. The van der Waals surface area contributed by atoms with E-state index in [0.29, 0.717) is 12.1 Å². The van der Waals surface area contributed by atoms with Crippen LogP contribution in [-0.4, -0.2) is 32.4 Å². The van der Waals surface area contributed by atoms with Gasteiger partial charge in [-0.2, -0.15) is 0 Å². The lowest BCUT2D eigenvalue weighted by atomic mass is 10.2. The normalized spacial score (nSPS) is 18.8. The third kappa shape index (κ3) is 4.01. The number of rotatable bonds is 5. The molecule has 1 fully saturated rings. The van der Waals surface area contributed by atoms with Crippen LogP contribution in [0.3, 0.4) is 0 Å². The van der Waals surface area contributed by atoms with Crippen molar-refractivity contribution in [2.45, 2.75) is 30.8 Å². The first-order chi connectivity index (χ1) is 11.4. The lowest BCUT2D eigenvalue weighted by Gasteiger charge is -2.17. The Labute approximate surface area is 142 Å². The molecule has 1 aliphatic heterocycles. The molecule has 0 aromatic heterocycles. The molecule has 3 rings (SSSR count). The van der Waals surface area contributed by atoms with Crippen molar-refractivity contribution in [2.75, 3.05) is 13.1 Å². The van der Waals surface area contributed by atoms with Crippen LogP contribution in [0.4, 0.5) is 4.39 Å². The summed E-state index contributed by atoms with van der Waals surface area (Å²) >= 11 is 0. The molecule has 0 bridgehead atoms. The fourth-order valence-corrected chi connectivity index (χ4v) is 4.58. The van der Waals surface area contributed by atoms with Gasteiger partial charge in [-0.1, -0.05) is 36.4 Å². The summed E-state index contributed by atoms with van der Waals surface area (Å²) in [6, 6.07) is 13.8. The predicted octanol–water partition coefficient (Wildman–Crippen LogP) is 2.69. The molecular weight excluding hydrogens is 327 g/mol. The van der Waals surface area contributed by atoms with Crippen LogP contribution in [0, 0.1) is 12.7 Å². The Morgan fingerprint density at radius 3 is 2.71 bits per heavy atom. The maximum Gasteiger partial charge on any atom is 0.241 e. The van der Waals surface area contributed by atoms with Gasteiger partial charge in [-0.15, -0.1) is 0 Å². The van der Waals surface area contributed by atoms with E-state index in [1.54, 1.807) is 6.92 Å². The summed E-state index contributed by atoms with van der Waals surface area (Å²) in [4.78, 5) is 2.24. The van der Waals surface area contributed by atoms with E-state index in [2.05, 4.69) is 21.8 Å². The van der Waals surface area contributed by atoms with E-state index in [1.165, 1.54) is 17.7 Å². The molecule has 0 radical (unpaired) electrons. The lowest BCUT2D eigenvalue weighted by molar-refractivity contribution is 0.324. The highest BCUT2D eigenvalue weighted by Crippen LogP contribution is 2.19.